The van der Waals surface area contributed by atoms with Crippen molar-refractivity contribution in [2.75, 3.05) is 0 Å². The van der Waals surface area contributed by atoms with E-state index < -0.39 is 0 Å². The van der Waals surface area contributed by atoms with Crippen LogP contribution in [0.15, 0.2) is 121 Å². The van der Waals surface area contributed by atoms with Crippen molar-refractivity contribution in [3.8, 4) is 0 Å². The molecule has 0 unspecified atom stereocenters. The van der Waals surface area contributed by atoms with Crippen molar-refractivity contribution in [1.82, 2.24) is 0 Å². The third kappa shape index (κ3) is 14.0. The summed E-state index contributed by atoms with van der Waals surface area (Å²) in [4.78, 5) is 23.1. The summed E-state index contributed by atoms with van der Waals surface area (Å²) in [7, 11) is 0. The zero-order chi connectivity index (χ0) is 20.6. The summed E-state index contributed by atoms with van der Waals surface area (Å²) < 4.78 is 0. The van der Waals surface area contributed by atoms with Crippen LogP contribution in [0.2, 0.25) is 0 Å². The molecule has 31 heavy (non-hydrogen) atoms. The second kappa shape index (κ2) is 18.1. The number of carbonyl (C=O) groups is 2. The maximum Gasteiger partial charge on any atom is 2.00 e. The van der Waals surface area contributed by atoms with Crippen molar-refractivity contribution >= 4 is 23.7 Å². The van der Waals surface area contributed by atoms with E-state index in [1.807, 2.05) is 109 Å². The first-order valence-corrected chi connectivity index (χ1v) is 9.42. The Hall–Kier alpha value is -2.74. The van der Waals surface area contributed by atoms with Gasteiger partial charge in [0.05, 0.1) is 6.42 Å². The minimum absolute atomic E-state index is 0. The Bertz CT molecular complexity index is 826. The van der Waals surface area contributed by atoms with Gasteiger partial charge in [-0.3, -0.25) is 0 Å². The molecule has 0 aliphatic heterocycles. The largest absolute Gasteiger partial charge is 2.00 e. The molecule has 0 heterocycles. The van der Waals surface area contributed by atoms with Gasteiger partial charge in [0.2, 0.25) is 0 Å². The van der Waals surface area contributed by atoms with Gasteiger partial charge in [0.25, 0.3) is 0 Å². The number of ketones is 2. The first-order valence-electron chi connectivity index (χ1n) is 9.42. The van der Waals surface area contributed by atoms with Gasteiger partial charge in [-0.25, -0.2) is 24.3 Å². The van der Waals surface area contributed by atoms with Crippen molar-refractivity contribution in [2.45, 2.75) is 6.42 Å². The number of allylic oxidation sites excluding steroid dienone is 2. The normalized spacial score (nSPS) is 9.55. The van der Waals surface area contributed by atoms with Gasteiger partial charge in [-0.2, -0.15) is 60.7 Å². The number of rotatable bonds is 6. The summed E-state index contributed by atoms with van der Waals surface area (Å²) in [6.07, 6.45) is 6.24. The number of hydrogen-bond donors (Lipinski definition) is 0. The van der Waals surface area contributed by atoms with E-state index in [1.165, 1.54) is 12.2 Å². The summed E-state index contributed by atoms with van der Waals surface area (Å²) in [5.41, 5.74) is 1.93. The third-order valence-corrected chi connectivity index (χ3v) is 3.76. The Morgan fingerprint density at radius 2 is 0.903 bits per heavy atom. The standard InChI is InChI=1S/C17H14O2.2C5H5.2Fe/c18-16(11-9-14-5-1-2-6-14)13-17(19)12-10-15-7-3-4-8-15;2*1-2-4-5-3-1;;/h1-12H,13H2;2*1-5H;;/q-2;2*-1;2*+2/b11-9+,12-10+;;;;. The van der Waals surface area contributed by atoms with E-state index in [-0.39, 0.29) is 52.1 Å². The van der Waals surface area contributed by atoms with Crippen LogP contribution < -0.4 is 0 Å². The van der Waals surface area contributed by atoms with Gasteiger partial charge in [-0.15, -0.1) is 47.5 Å². The SMILES string of the molecule is O=C(/C=C/[c-]1cccc1)CC(=O)/C=C/[c-]1cccc1.[Fe+2].[Fe+2].c1cc[cH-]c1.c1cc[cH-]c1. The molecule has 0 N–H and O–H groups in total. The molecule has 0 amide bonds. The molecule has 4 aromatic rings. The van der Waals surface area contributed by atoms with E-state index in [0.717, 1.165) is 11.1 Å². The van der Waals surface area contributed by atoms with Gasteiger partial charge in [0, 0.05) is 0 Å². The summed E-state index contributed by atoms with van der Waals surface area (Å²) in [5, 5.41) is 0. The average molecular weight is 492 g/mol. The number of hydrogen-bond acceptors (Lipinski definition) is 2. The van der Waals surface area contributed by atoms with Crippen LogP contribution in [0.1, 0.15) is 17.5 Å². The molecule has 4 aromatic carbocycles. The molecule has 0 atom stereocenters. The van der Waals surface area contributed by atoms with Crippen molar-refractivity contribution in [2.24, 2.45) is 0 Å². The van der Waals surface area contributed by atoms with Gasteiger partial charge in [0.15, 0.2) is 0 Å². The van der Waals surface area contributed by atoms with E-state index in [9.17, 15) is 9.59 Å². The zero-order valence-electron chi connectivity index (χ0n) is 16.9. The van der Waals surface area contributed by atoms with E-state index in [2.05, 4.69) is 0 Å². The van der Waals surface area contributed by atoms with Gasteiger partial charge in [-0.1, -0.05) is 12.2 Å². The van der Waals surface area contributed by atoms with Gasteiger partial charge < -0.3 is 9.59 Å². The van der Waals surface area contributed by atoms with Crippen LogP contribution in [-0.4, -0.2) is 11.6 Å². The first kappa shape index (κ1) is 28.3. The monoisotopic (exact) mass is 492 g/mol. The van der Waals surface area contributed by atoms with Crippen LogP contribution in [0, 0.1) is 0 Å². The van der Waals surface area contributed by atoms with Crippen molar-refractivity contribution in [3.05, 3.63) is 132 Å². The molecule has 160 valence electrons. The molecule has 0 saturated carbocycles. The maximum absolute atomic E-state index is 11.6. The van der Waals surface area contributed by atoms with E-state index in [0.29, 0.717) is 0 Å². The molecular weight excluding hydrogens is 468 g/mol. The first-order chi connectivity index (χ1) is 14.2. The van der Waals surface area contributed by atoms with E-state index >= 15 is 0 Å². The minimum Gasteiger partial charge on any atom is -0.305 e. The minimum atomic E-state index is -0.182. The van der Waals surface area contributed by atoms with Crippen LogP contribution in [-0.2, 0) is 43.7 Å². The van der Waals surface area contributed by atoms with Gasteiger partial charge >= 0.3 is 34.1 Å². The summed E-state index contributed by atoms with van der Waals surface area (Å²) in [6, 6.07) is 35.2. The van der Waals surface area contributed by atoms with Crippen molar-refractivity contribution in [3.63, 3.8) is 0 Å². The van der Waals surface area contributed by atoms with E-state index in [1.54, 1.807) is 12.2 Å². The summed E-state index contributed by atoms with van der Waals surface area (Å²) >= 11 is 0. The maximum atomic E-state index is 11.6. The van der Waals surface area contributed by atoms with Crippen LogP contribution in [0.4, 0.5) is 0 Å². The smallest absolute Gasteiger partial charge is 0.305 e. The van der Waals surface area contributed by atoms with Crippen LogP contribution in [0.5, 0.6) is 0 Å². The second-order valence-corrected chi connectivity index (χ2v) is 6.14. The van der Waals surface area contributed by atoms with E-state index in [4.69, 9.17) is 0 Å². The Morgan fingerprint density at radius 3 is 1.16 bits per heavy atom. The number of carbonyl (C=O) groups excluding carboxylic acids is 2. The average Bonchev–Trinajstić information content (AvgIpc) is 3.56. The molecule has 0 spiro atoms. The Labute approximate surface area is 205 Å². The molecule has 0 fully saturated rings. The summed E-state index contributed by atoms with van der Waals surface area (Å²) in [6.45, 7) is 0. The quantitative estimate of drug-likeness (QED) is 0.139. The molecule has 0 aliphatic carbocycles. The molecule has 4 heteroatoms. The molecule has 4 rings (SSSR count). The van der Waals surface area contributed by atoms with Crippen molar-refractivity contribution in [1.29, 1.82) is 0 Å². The third-order valence-electron chi connectivity index (χ3n) is 3.76. The predicted octanol–water partition coefficient (Wildman–Crippen LogP) is 6.19. The predicted molar refractivity (Wildman–Crippen MR) is 121 cm³/mol. The molecule has 0 aliphatic rings. The molecule has 0 radical (unpaired) electrons. The van der Waals surface area contributed by atoms with Crippen molar-refractivity contribution < 1.29 is 43.7 Å². The Kier molecular flexibility index (Phi) is 16.5. The summed E-state index contributed by atoms with van der Waals surface area (Å²) in [5.74, 6) is -0.364. The fourth-order valence-corrected chi connectivity index (χ4v) is 2.31. The van der Waals surface area contributed by atoms with Gasteiger partial charge in [0.1, 0.15) is 11.6 Å². The zero-order valence-corrected chi connectivity index (χ0v) is 19.1. The van der Waals surface area contributed by atoms with Gasteiger partial charge in [-0.05, 0) is 0 Å². The molecule has 0 bridgehead atoms. The molecule has 0 saturated heterocycles. The van der Waals surface area contributed by atoms with Crippen LogP contribution in [0.25, 0.3) is 12.2 Å². The fourth-order valence-electron chi connectivity index (χ4n) is 2.31. The van der Waals surface area contributed by atoms with Crippen LogP contribution in [0.3, 0.4) is 0 Å². The molecule has 0 aromatic heterocycles. The second-order valence-electron chi connectivity index (χ2n) is 6.14. The van der Waals surface area contributed by atoms with Crippen LogP contribution >= 0.6 is 0 Å². The molecule has 2 nitrogen and oxygen atoms in total. The Balaban J connectivity index is 0.000000615. The topological polar surface area (TPSA) is 34.1 Å². The molecular formula is C27H24Fe2O2. The Morgan fingerprint density at radius 1 is 0.581 bits per heavy atom. The fraction of sp³-hybridized carbons (Fsp3) is 0.0370.